The molecular formula is C21H25N3O5. The molecule has 3 rings (SSSR count). The number of aromatic nitrogens is 2. The van der Waals surface area contributed by atoms with Gasteiger partial charge in [-0.05, 0) is 55.1 Å². The van der Waals surface area contributed by atoms with Gasteiger partial charge in [0.05, 0.1) is 24.3 Å². The van der Waals surface area contributed by atoms with Crippen LogP contribution in [0.5, 0.6) is 0 Å². The standard InChI is InChI=1S/C21H25N3O5/c1-12(26)19(11-25)29-13(2)20(27)23-16-4-3-15-9-17(14-5-7-22-8-6-14)21(28)24-18(15)10-16/h3-10,12-13,19-20,23,25-27H,11H2,1-2H3,(H,24,28)/t12-,13?,19?,20-/m1/s1. The van der Waals surface area contributed by atoms with Crippen molar-refractivity contribution < 1.29 is 20.1 Å². The van der Waals surface area contributed by atoms with E-state index in [1.165, 1.54) is 6.92 Å². The molecule has 29 heavy (non-hydrogen) atoms. The third kappa shape index (κ3) is 4.99. The molecule has 0 saturated heterocycles. The van der Waals surface area contributed by atoms with Crippen molar-refractivity contribution in [3.63, 3.8) is 0 Å². The van der Waals surface area contributed by atoms with Gasteiger partial charge in [0.15, 0.2) is 6.23 Å². The molecule has 0 aliphatic carbocycles. The van der Waals surface area contributed by atoms with Crippen LogP contribution in [-0.4, -0.2) is 56.4 Å². The Balaban J connectivity index is 1.78. The number of hydrogen-bond donors (Lipinski definition) is 5. The quantitative estimate of drug-likeness (QED) is 0.363. The zero-order valence-electron chi connectivity index (χ0n) is 16.2. The topological polar surface area (TPSA) is 128 Å². The molecule has 1 aromatic carbocycles. The van der Waals surface area contributed by atoms with E-state index in [1.807, 2.05) is 12.1 Å². The highest BCUT2D eigenvalue weighted by molar-refractivity contribution is 5.86. The summed E-state index contributed by atoms with van der Waals surface area (Å²) >= 11 is 0. The normalized spacial score (nSPS) is 15.6. The Morgan fingerprint density at radius 1 is 1.14 bits per heavy atom. The molecular weight excluding hydrogens is 374 g/mol. The molecule has 0 bridgehead atoms. The maximum absolute atomic E-state index is 12.5. The Hall–Kier alpha value is -2.78. The molecule has 0 aliphatic heterocycles. The lowest BCUT2D eigenvalue weighted by molar-refractivity contribution is -0.114. The van der Waals surface area contributed by atoms with Crippen LogP contribution in [0.25, 0.3) is 22.0 Å². The molecule has 0 amide bonds. The number of hydrogen-bond acceptors (Lipinski definition) is 7. The van der Waals surface area contributed by atoms with E-state index >= 15 is 0 Å². The lowest BCUT2D eigenvalue weighted by atomic mass is 10.1. The summed E-state index contributed by atoms with van der Waals surface area (Å²) in [7, 11) is 0. The summed E-state index contributed by atoms with van der Waals surface area (Å²) in [5.74, 6) is 0. The molecule has 0 spiro atoms. The van der Waals surface area contributed by atoms with E-state index < -0.39 is 24.5 Å². The Labute approximate surface area is 167 Å². The maximum Gasteiger partial charge on any atom is 0.256 e. The van der Waals surface area contributed by atoms with Crippen molar-refractivity contribution in [3.8, 4) is 11.1 Å². The lowest BCUT2D eigenvalue weighted by Crippen LogP contribution is -2.40. The van der Waals surface area contributed by atoms with Crippen LogP contribution in [0.1, 0.15) is 13.8 Å². The number of benzene rings is 1. The van der Waals surface area contributed by atoms with Gasteiger partial charge in [0, 0.05) is 23.6 Å². The molecule has 0 saturated carbocycles. The summed E-state index contributed by atoms with van der Waals surface area (Å²) in [4.78, 5) is 19.3. The highest BCUT2D eigenvalue weighted by atomic mass is 16.5. The van der Waals surface area contributed by atoms with E-state index in [9.17, 15) is 20.1 Å². The Bertz CT molecular complexity index is 1010. The van der Waals surface area contributed by atoms with E-state index in [2.05, 4.69) is 15.3 Å². The average molecular weight is 399 g/mol. The number of nitrogens with zero attached hydrogens (tertiary/aromatic N) is 1. The summed E-state index contributed by atoms with van der Waals surface area (Å²) < 4.78 is 5.49. The number of ether oxygens (including phenoxy) is 1. The first-order valence-electron chi connectivity index (χ1n) is 9.35. The maximum atomic E-state index is 12.5. The molecule has 5 N–H and O–H groups in total. The van der Waals surface area contributed by atoms with Crippen molar-refractivity contribution in [2.24, 2.45) is 0 Å². The average Bonchev–Trinajstić information content (AvgIpc) is 2.71. The summed E-state index contributed by atoms with van der Waals surface area (Å²) in [5, 5.41) is 32.9. The van der Waals surface area contributed by atoms with Gasteiger partial charge in [-0.15, -0.1) is 0 Å². The number of pyridine rings is 2. The highest BCUT2D eigenvalue weighted by Crippen LogP contribution is 2.22. The van der Waals surface area contributed by atoms with Crippen LogP contribution in [0.3, 0.4) is 0 Å². The third-order valence-electron chi connectivity index (χ3n) is 4.70. The van der Waals surface area contributed by atoms with Gasteiger partial charge in [0.25, 0.3) is 5.56 Å². The minimum absolute atomic E-state index is 0.221. The van der Waals surface area contributed by atoms with Gasteiger partial charge in [-0.1, -0.05) is 6.07 Å². The monoisotopic (exact) mass is 399 g/mol. The van der Waals surface area contributed by atoms with Gasteiger partial charge in [-0.25, -0.2) is 0 Å². The first kappa shape index (κ1) is 20.9. The number of anilines is 1. The molecule has 3 aromatic rings. The smallest absolute Gasteiger partial charge is 0.256 e. The summed E-state index contributed by atoms with van der Waals surface area (Å²) in [6, 6.07) is 10.7. The fourth-order valence-electron chi connectivity index (χ4n) is 2.98. The molecule has 2 unspecified atom stereocenters. The van der Waals surface area contributed by atoms with Crippen LogP contribution >= 0.6 is 0 Å². The van der Waals surface area contributed by atoms with Crippen molar-refractivity contribution >= 4 is 16.6 Å². The predicted octanol–water partition coefficient (Wildman–Crippen LogP) is 1.47. The number of aromatic amines is 1. The van der Waals surface area contributed by atoms with Crippen molar-refractivity contribution in [1.82, 2.24) is 9.97 Å². The van der Waals surface area contributed by atoms with Crippen LogP contribution < -0.4 is 10.9 Å². The van der Waals surface area contributed by atoms with E-state index in [0.717, 1.165) is 10.9 Å². The molecule has 0 fully saturated rings. The molecule has 8 nitrogen and oxygen atoms in total. The number of fused-ring (bicyclic) bond motifs is 1. The van der Waals surface area contributed by atoms with Gasteiger partial charge in [-0.3, -0.25) is 9.78 Å². The van der Waals surface area contributed by atoms with Crippen LogP contribution in [0.2, 0.25) is 0 Å². The van der Waals surface area contributed by atoms with Crippen LogP contribution in [0.4, 0.5) is 5.69 Å². The minimum atomic E-state index is -1.08. The van der Waals surface area contributed by atoms with Crippen LogP contribution in [0, 0.1) is 0 Å². The zero-order valence-corrected chi connectivity index (χ0v) is 16.2. The predicted molar refractivity (Wildman–Crippen MR) is 111 cm³/mol. The van der Waals surface area contributed by atoms with Crippen molar-refractivity contribution in [1.29, 1.82) is 0 Å². The van der Waals surface area contributed by atoms with Crippen molar-refractivity contribution in [2.45, 2.75) is 38.4 Å². The number of nitrogens with one attached hydrogen (secondary N) is 2. The SMILES string of the molecule is CC(OC(CO)[C@@H](C)O)[C@@H](O)Nc1ccc2cc(-c3ccncc3)c(=O)[nH]c2c1. The number of aliphatic hydroxyl groups excluding tert-OH is 3. The van der Waals surface area contributed by atoms with Gasteiger partial charge >= 0.3 is 0 Å². The zero-order chi connectivity index (χ0) is 21.0. The second-order valence-electron chi connectivity index (χ2n) is 6.94. The summed E-state index contributed by atoms with van der Waals surface area (Å²) in [5.41, 5.74) is 2.32. The van der Waals surface area contributed by atoms with Gasteiger partial charge < -0.3 is 30.4 Å². The molecule has 2 aromatic heterocycles. The fourth-order valence-corrected chi connectivity index (χ4v) is 2.98. The van der Waals surface area contributed by atoms with Crippen molar-refractivity contribution in [3.05, 3.63) is 59.1 Å². The van der Waals surface area contributed by atoms with Crippen molar-refractivity contribution in [2.75, 3.05) is 11.9 Å². The second-order valence-corrected chi connectivity index (χ2v) is 6.94. The first-order valence-corrected chi connectivity index (χ1v) is 9.35. The van der Waals surface area contributed by atoms with Gasteiger partial charge in [0.2, 0.25) is 0 Å². The van der Waals surface area contributed by atoms with E-state index in [4.69, 9.17) is 4.74 Å². The van der Waals surface area contributed by atoms with E-state index in [-0.39, 0.29) is 12.2 Å². The first-order chi connectivity index (χ1) is 13.9. The third-order valence-corrected chi connectivity index (χ3v) is 4.70. The molecule has 0 radical (unpaired) electrons. The number of aliphatic hydroxyl groups is 3. The molecule has 4 atom stereocenters. The van der Waals surface area contributed by atoms with Gasteiger partial charge in [-0.2, -0.15) is 0 Å². The van der Waals surface area contributed by atoms with Gasteiger partial charge in [0.1, 0.15) is 6.10 Å². The summed E-state index contributed by atoms with van der Waals surface area (Å²) in [6.45, 7) is 2.78. The van der Waals surface area contributed by atoms with Crippen LogP contribution in [-0.2, 0) is 4.74 Å². The molecule has 0 aliphatic rings. The second kappa shape index (κ2) is 9.15. The summed E-state index contributed by atoms with van der Waals surface area (Å²) in [6.07, 6.45) is -0.157. The molecule has 154 valence electrons. The number of H-pyrrole nitrogens is 1. The lowest BCUT2D eigenvalue weighted by Gasteiger charge is -2.27. The Kier molecular flexibility index (Phi) is 6.60. The highest BCUT2D eigenvalue weighted by Gasteiger charge is 2.22. The minimum Gasteiger partial charge on any atom is -0.394 e. The Morgan fingerprint density at radius 3 is 2.52 bits per heavy atom. The Morgan fingerprint density at radius 2 is 1.86 bits per heavy atom. The number of rotatable bonds is 8. The van der Waals surface area contributed by atoms with Crippen LogP contribution in [0.15, 0.2) is 53.6 Å². The fraction of sp³-hybridized carbons (Fsp3) is 0.333. The molecule has 8 heteroatoms. The van der Waals surface area contributed by atoms with E-state index in [1.54, 1.807) is 43.6 Å². The molecule has 2 heterocycles. The van der Waals surface area contributed by atoms with E-state index in [0.29, 0.717) is 16.8 Å². The largest absolute Gasteiger partial charge is 0.394 e.